The minimum absolute atomic E-state index is 0.213. The van der Waals surface area contributed by atoms with Gasteiger partial charge in [0.15, 0.2) is 0 Å². The fourth-order valence-electron chi connectivity index (χ4n) is 2.63. The van der Waals surface area contributed by atoms with E-state index in [9.17, 15) is 9.59 Å². The van der Waals surface area contributed by atoms with E-state index in [1.165, 1.54) is 20.0 Å². The summed E-state index contributed by atoms with van der Waals surface area (Å²) < 4.78 is 4.80. The Labute approximate surface area is 109 Å². The molecule has 1 fully saturated rings. The van der Waals surface area contributed by atoms with Crippen LogP contribution in [-0.2, 0) is 14.3 Å². The van der Waals surface area contributed by atoms with Gasteiger partial charge in [-0.15, -0.1) is 0 Å². The summed E-state index contributed by atoms with van der Waals surface area (Å²) in [5.41, 5.74) is 4.67. The summed E-state index contributed by atoms with van der Waals surface area (Å²) in [6.07, 6.45) is 4.51. The van der Waals surface area contributed by atoms with Crippen molar-refractivity contribution >= 4 is 11.9 Å². The molecule has 0 aromatic carbocycles. The Morgan fingerprint density at radius 3 is 2.33 bits per heavy atom. The molecule has 5 nitrogen and oxygen atoms in total. The van der Waals surface area contributed by atoms with Gasteiger partial charge in [-0.3, -0.25) is 14.5 Å². The standard InChI is InChI=1S/C13H24N2O3/c1-13(2,12(17)18-3)9-15(8-11(14)16)10-6-4-5-7-10/h10H,4-9H2,1-3H3,(H2,14,16). The van der Waals surface area contributed by atoms with Crippen LogP contribution in [-0.4, -0.2) is 43.0 Å². The maximum atomic E-state index is 11.7. The Bertz CT molecular complexity index is 309. The van der Waals surface area contributed by atoms with E-state index in [1.807, 2.05) is 18.7 Å². The zero-order chi connectivity index (χ0) is 13.8. The number of hydrogen-bond acceptors (Lipinski definition) is 4. The molecule has 0 aromatic rings. The molecule has 0 saturated heterocycles. The number of amides is 1. The van der Waals surface area contributed by atoms with Crippen LogP contribution in [0.1, 0.15) is 39.5 Å². The van der Waals surface area contributed by atoms with Crippen molar-refractivity contribution in [2.24, 2.45) is 11.1 Å². The summed E-state index contributed by atoms with van der Waals surface area (Å²) in [7, 11) is 1.39. The highest BCUT2D eigenvalue weighted by Crippen LogP contribution is 2.27. The van der Waals surface area contributed by atoms with Gasteiger partial charge in [-0.25, -0.2) is 0 Å². The van der Waals surface area contributed by atoms with Crippen LogP contribution in [0.15, 0.2) is 0 Å². The number of esters is 1. The van der Waals surface area contributed by atoms with E-state index >= 15 is 0 Å². The number of nitrogens with zero attached hydrogens (tertiary/aromatic N) is 1. The Balaban J connectivity index is 2.70. The summed E-state index contributed by atoms with van der Waals surface area (Å²) in [6, 6.07) is 0.362. The number of carbonyl (C=O) groups is 2. The van der Waals surface area contributed by atoms with Crippen LogP contribution in [0.5, 0.6) is 0 Å². The molecule has 1 rings (SSSR count). The molecule has 0 bridgehead atoms. The van der Waals surface area contributed by atoms with E-state index in [2.05, 4.69) is 0 Å². The Morgan fingerprint density at radius 2 is 1.89 bits per heavy atom. The van der Waals surface area contributed by atoms with Gasteiger partial charge in [0.2, 0.25) is 5.91 Å². The third-order valence-electron chi connectivity index (χ3n) is 3.54. The average Bonchev–Trinajstić information content (AvgIpc) is 2.79. The maximum Gasteiger partial charge on any atom is 0.312 e. The van der Waals surface area contributed by atoms with Crippen molar-refractivity contribution in [1.29, 1.82) is 0 Å². The van der Waals surface area contributed by atoms with Gasteiger partial charge in [-0.05, 0) is 26.7 Å². The molecule has 0 aromatic heterocycles. The van der Waals surface area contributed by atoms with Crippen LogP contribution < -0.4 is 5.73 Å². The molecule has 1 aliphatic carbocycles. The summed E-state index contributed by atoms with van der Waals surface area (Å²) in [6.45, 7) is 4.39. The molecule has 0 unspecified atom stereocenters. The van der Waals surface area contributed by atoms with Crippen molar-refractivity contribution < 1.29 is 14.3 Å². The number of primary amides is 1. The first-order chi connectivity index (χ1) is 8.36. The predicted molar refractivity (Wildman–Crippen MR) is 68.8 cm³/mol. The van der Waals surface area contributed by atoms with Crippen molar-refractivity contribution in [3.05, 3.63) is 0 Å². The quantitative estimate of drug-likeness (QED) is 0.717. The number of ether oxygens (including phenoxy) is 1. The van der Waals surface area contributed by atoms with E-state index in [0.717, 1.165) is 12.8 Å². The lowest BCUT2D eigenvalue weighted by atomic mass is 9.92. The van der Waals surface area contributed by atoms with Crippen molar-refractivity contribution in [2.75, 3.05) is 20.2 Å². The monoisotopic (exact) mass is 256 g/mol. The van der Waals surface area contributed by atoms with E-state index in [1.54, 1.807) is 0 Å². The predicted octanol–water partition coefficient (Wildman–Crippen LogP) is 0.915. The van der Waals surface area contributed by atoms with Crippen LogP contribution in [0, 0.1) is 5.41 Å². The fourth-order valence-corrected chi connectivity index (χ4v) is 2.63. The molecule has 2 N–H and O–H groups in total. The van der Waals surface area contributed by atoms with Crippen LogP contribution in [0.25, 0.3) is 0 Å². The van der Waals surface area contributed by atoms with Crippen molar-refractivity contribution in [3.8, 4) is 0 Å². The first-order valence-electron chi connectivity index (χ1n) is 6.47. The highest BCUT2D eigenvalue weighted by Gasteiger charge is 2.34. The first kappa shape index (κ1) is 15.0. The van der Waals surface area contributed by atoms with E-state index in [-0.39, 0.29) is 18.4 Å². The second-order valence-electron chi connectivity index (χ2n) is 5.69. The molecule has 18 heavy (non-hydrogen) atoms. The van der Waals surface area contributed by atoms with Gasteiger partial charge >= 0.3 is 5.97 Å². The largest absolute Gasteiger partial charge is 0.469 e. The summed E-state index contributed by atoms with van der Waals surface area (Å²) >= 11 is 0. The highest BCUT2D eigenvalue weighted by molar-refractivity contribution is 5.77. The minimum Gasteiger partial charge on any atom is -0.469 e. The molecule has 0 spiro atoms. The zero-order valence-corrected chi connectivity index (χ0v) is 11.6. The number of methoxy groups -OCH3 is 1. The molecular weight excluding hydrogens is 232 g/mol. The number of hydrogen-bond donors (Lipinski definition) is 1. The topological polar surface area (TPSA) is 72.6 Å². The molecule has 0 radical (unpaired) electrons. The molecule has 5 heteroatoms. The number of rotatable bonds is 6. The molecule has 1 aliphatic rings. The lowest BCUT2D eigenvalue weighted by molar-refractivity contribution is -0.152. The molecular formula is C13H24N2O3. The Kier molecular flexibility index (Phi) is 5.14. The average molecular weight is 256 g/mol. The normalized spacial score (nSPS) is 17.1. The van der Waals surface area contributed by atoms with Crippen LogP contribution in [0.3, 0.4) is 0 Å². The smallest absolute Gasteiger partial charge is 0.312 e. The SMILES string of the molecule is COC(=O)C(C)(C)CN(CC(N)=O)C1CCCC1. The van der Waals surface area contributed by atoms with Gasteiger partial charge in [-0.2, -0.15) is 0 Å². The van der Waals surface area contributed by atoms with Crippen LogP contribution in [0.4, 0.5) is 0 Å². The van der Waals surface area contributed by atoms with Crippen molar-refractivity contribution in [2.45, 2.75) is 45.6 Å². The zero-order valence-electron chi connectivity index (χ0n) is 11.6. The van der Waals surface area contributed by atoms with Gasteiger partial charge in [-0.1, -0.05) is 12.8 Å². The number of carbonyl (C=O) groups excluding carboxylic acids is 2. The molecule has 0 atom stereocenters. The molecule has 0 aliphatic heterocycles. The van der Waals surface area contributed by atoms with Gasteiger partial charge in [0, 0.05) is 12.6 Å². The molecule has 1 saturated carbocycles. The Morgan fingerprint density at radius 1 is 1.33 bits per heavy atom. The molecule has 104 valence electrons. The summed E-state index contributed by atoms with van der Waals surface area (Å²) in [5, 5.41) is 0. The number of nitrogens with two attached hydrogens (primary N) is 1. The molecule has 1 amide bonds. The molecule has 0 heterocycles. The first-order valence-corrected chi connectivity index (χ1v) is 6.47. The highest BCUT2D eigenvalue weighted by atomic mass is 16.5. The fraction of sp³-hybridized carbons (Fsp3) is 0.846. The summed E-state index contributed by atoms with van der Waals surface area (Å²) in [4.78, 5) is 24.9. The van der Waals surface area contributed by atoms with Gasteiger partial charge in [0.1, 0.15) is 0 Å². The lowest BCUT2D eigenvalue weighted by Crippen LogP contribution is -2.47. The third kappa shape index (κ3) is 3.98. The summed E-state index contributed by atoms with van der Waals surface area (Å²) in [5.74, 6) is -0.600. The van der Waals surface area contributed by atoms with E-state index < -0.39 is 5.41 Å². The van der Waals surface area contributed by atoms with Crippen molar-refractivity contribution in [3.63, 3.8) is 0 Å². The van der Waals surface area contributed by atoms with E-state index in [0.29, 0.717) is 12.6 Å². The van der Waals surface area contributed by atoms with Gasteiger partial charge < -0.3 is 10.5 Å². The third-order valence-corrected chi connectivity index (χ3v) is 3.54. The lowest BCUT2D eigenvalue weighted by Gasteiger charge is -2.34. The van der Waals surface area contributed by atoms with Crippen LogP contribution in [0.2, 0.25) is 0 Å². The maximum absolute atomic E-state index is 11.7. The van der Waals surface area contributed by atoms with Gasteiger partial charge in [0.05, 0.1) is 19.1 Å². The minimum atomic E-state index is -0.618. The second-order valence-corrected chi connectivity index (χ2v) is 5.69. The van der Waals surface area contributed by atoms with E-state index in [4.69, 9.17) is 10.5 Å². The second kappa shape index (κ2) is 6.18. The van der Waals surface area contributed by atoms with Crippen molar-refractivity contribution in [1.82, 2.24) is 4.90 Å². The van der Waals surface area contributed by atoms with Crippen LogP contribution >= 0.6 is 0 Å². The van der Waals surface area contributed by atoms with Gasteiger partial charge in [0.25, 0.3) is 0 Å². The Hall–Kier alpha value is -1.10.